The van der Waals surface area contributed by atoms with E-state index in [0.717, 1.165) is 31.0 Å². The second-order valence-corrected chi connectivity index (χ2v) is 5.27. The van der Waals surface area contributed by atoms with Crippen molar-refractivity contribution in [2.75, 3.05) is 6.54 Å². The third-order valence-electron chi connectivity index (χ3n) is 3.78. The van der Waals surface area contributed by atoms with Gasteiger partial charge < -0.3 is 9.88 Å². The van der Waals surface area contributed by atoms with E-state index in [2.05, 4.69) is 15.0 Å². The molecule has 22 heavy (non-hydrogen) atoms. The molecule has 2 aromatic heterocycles. The van der Waals surface area contributed by atoms with E-state index in [9.17, 15) is 14.4 Å². The van der Waals surface area contributed by atoms with Crippen molar-refractivity contribution >= 4 is 5.91 Å². The first kappa shape index (κ1) is 14.2. The third kappa shape index (κ3) is 2.83. The number of carbonyl (C=O) groups excluding carboxylic acids is 1. The zero-order valence-corrected chi connectivity index (χ0v) is 11.9. The summed E-state index contributed by atoms with van der Waals surface area (Å²) >= 11 is 0. The number of aromatic amines is 2. The molecule has 1 amide bonds. The Kier molecular flexibility index (Phi) is 3.86. The monoisotopic (exact) mass is 300 g/mol. The predicted molar refractivity (Wildman–Crippen MR) is 79.5 cm³/mol. The standard InChI is InChI=1S/C15H16N4O3/c20-13-9-11(17-15(22)18-13)14(21)19-8-4-2-6-12(19)10-5-1-3-7-16-10/h1,3,5,7,9,12H,2,4,6,8H2,(H2,17,18,20,22)/t12-/m0/s1. The fourth-order valence-electron chi connectivity index (χ4n) is 2.79. The molecule has 2 N–H and O–H groups in total. The normalized spacial score (nSPS) is 18.2. The zero-order chi connectivity index (χ0) is 15.5. The topological polar surface area (TPSA) is 98.9 Å². The minimum Gasteiger partial charge on any atom is -0.329 e. The van der Waals surface area contributed by atoms with Gasteiger partial charge in [-0.2, -0.15) is 0 Å². The van der Waals surface area contributed by atoms with E-state index in [1.807, 2.05) is 18.2 Å². The molecule has 1 saturated heterocycles. The smallest absolute Gasteiger partial charge is 0.326 e. The fourth-order valence-corrected chi connectivity index (χ4v) is 2.79. The molecule has 0 aliphatic carbocycles. The van der Waals surface area contributed by atoms with Gasteiger partial charge in [-0.25, -0.2) is 4.79 Å². The Morgan fingerprint density at radius 1 is 1.23 bits per heavy atom. The van der Waals surface area contributed by atoms with Gasteiger partial charge >= 0.3 is 5.69 Å². The number of nitrogens with one attached hydrogen (secondary N) is 2. The van der Waals surface area contributed by atoms with Crippen molar-refractivity contribution in [3.63, 3.8) is 0 Å². The van der Waals surface area contributed by atoms with Crippen molar-refractivity contribution < 1.29 is 4.79 Å². The average Bonchev–Trinajstić information content (AvgIpc) is 2.54. The lowest BCUT2D eigenvalue weighted by Crippen LogP contribution is -2.40. The Morgan fingerprint density at radius 2 is 2.09 bits per heavy atom. The van der Waals surface area contributed by atoms with Crippen LogP contribution in [-0.4, -0.2) is 32.3 Å². The maximum absolute atomic E-state index is 12.7. The van der Waals surface area contributed by atoms with Gasteiger partial charge in [0.1, 0.15) is 5.69 Å². The van der Waals surface area contributed by atoms with E-state index in [1.165, 1.54) is 0 Å². The van der Waals surface area contributed by atoms with Crippen molar-refractivity contribution in [3.8, 4) is 0 Å². The van der Waals surface area contributed by atoms with Gasteiger partial charge in [0.25, 0.3) is 11.5 Å². The van der Waals surface area contributed by atoms with Gasteiger partial charge in [-0.3, -0.25) is 19.6 Å². The lowest BCUT2D eigenvalue weighted by atomic mass is 9.98. The van der Waals surface area contributed by atoms with E-state index in [0.29, 0.717) is 6.54 Å². The average molecular weight is 300 g/mol. The SMILES string of the molecule is O=C(c1cc(=O)[nH]c(=O)[nH]1)N1CCCC[C@H]1c1ccccn1. The molecule has 3 rings (SSSR count). The van der Waals surface area contributed by atoms with Crippen LogP contribution in [-0.2, 0) is 0 Å². The molecule has 1 fully saturated rings. The van der Waals surface area contributed by atoms with Gasteiger partial charge in [0.05, 0.1) is 11.7 Å². The molecular formula is C15H16N4O3. The zero-order valence-electron chi connectivity index (χ0n) is 11.9. The Labute approximate surface area is 126 Å². The Hall–Kier alpha value is -2.70. The number of hydrogen-bond donors (Lipinski definition) is 2. The summed E-state index contributed by atoms with van der Waals surface area (Å²) in [7, 11) is 0. The van der Waals surface area contributed by atoms with Gasteiger partial charge in [0.2, 0.25) is 0 Å². The second-order valence-electron chi connectivity index (χ2n) is 5.27. The highest BCUT2D eigenvalue weighted by atomic mass is 16.2. The molecule has 1 aliphatic heterocycles. The molecule has 7 heteroatoms. The first-order chi connectivity index (χ1) is 10.6. The quantitative estimate of drug-likeness (QED) is 0.858. The number of aromatic nitrogens is 3. The second kappa shape index (κ2) is 5.97. The highest BCUT2D eigenvalue weighted by molar-refractivity contribution is 5.92. The van der Waals surface area contributed by atoms with E-state index in [1.54, 1.807) is 11.1 Å². The first-order valence-electron chi connectivity index (χ1n) is 7.21. The van der Waals surface area contributed by atoms with Gasteiger partial charge in [0.15, 0.2) is 0 Å². The lowest BCUT2D eigenvalue weighted by Gasteiger charge is -2.35. The molecule has 0 radical (unpaired) electrons. The summed E-state index contributed by atoms with van der Waals surface area (Å²) in [6, 6.07) is 6.58. The van der Waals surface area contributed by atoms with Gasteiger partial charge in [0, 0.05) is 18.8 Å². The largest absolute Gasteiger partial charge is 0.329 e. The number of hydrogen-bond acceptors (Lipinski definition) is 4. The summed E-state index contributed by atoms with van der Waals surface area (Å²) in [6.07, 6.45) is 4.41. The van der Waals surface area contributed by atoms with Crippen LogP contribution in [0.15, 0.2) is 40.1 Å². The van der Waals surface area contributed by atoms with E-state index in [-0.39, 0.29) is 17.6 Å². The van der Waals surface area contributed by atoms with Crippen LogP contribution in [0.2, 0.25) is 0 Å². The molecule has 0 aromatic carbocycles. The molecule has 1 aliphatic rings. The third-order valence-corrected chi connectivity index (χ3v) is 3.78. The van der Waals surface area contributed by atoms with Crippen molar-refractivity contribution in [2.24, 2.45) is 0 Å². The number of likely N-dealkylation sites (tertiary alicyclic amines) is 1. The molecule has 0 spiro atoms. The summed E-state index contributed by atoms with van der Waals surface area (Å²) in [5, 5.41) is 0. The van der Waals surface area contributed by atoms with Crippen LogP contribution in [0.1, 0.15) is 41.5 Å². The molecule has 0 bridgehead atoms. The molecule has 0 unspecified atom stereocenters. The van der Waals surface area contributed by atoms with Crippen LogP contribution < -0.4 is 11.2 Å². The highest BCUT2D eigenvalue weighted by Crippen LogP contribution is 2.30. The Morgan fingerprint density at radius 3 is 2.82 bits per heavy atom. The van der Waals surface area contributed by atoms with Crippen LogP contribution in [0.3, 0.4) is 0 Å². The van der Waals surface area contributed by atoms with Crippen molar-refractivity contribution in [3.05, 3.63) is 62.7 Å². The minimum atomic E-state index is -0.678. The van der Waals surface area contributed by atoms with Crippen molar-refractivity contribution in [1.82, 2.24) is 19.9 Å². The van der Waals surface area contributed by atoms with Crippen molar-refractivity contribution in [2.45, 2.75) is 25.3 Å². The molecule has 2 aromatic rings. The molecular weight excluding hydrogens is 284 g/mol. The lowest BCUT2D eigenvalue weighted by molar-refractivity contribution is 0.0599. The Balaban J connectivity index is 1.95. The number of carbonyl (C=O) groups is 1. The summed E-state index contributed by atoms with van der Waals surface area (Å²) in [5.74, 6) is -0.349. The van der Waals surface area contributed by atoms with Crippen LogP contribution in [0.5, 0.6) is 0 Å². The molecule has 0 saturated carbocycles. The first-order valence-corrected chi connectivity index (χ1v) is 7.21. The summed E-state index contributed by atoms with van der Waals surface area (Å²) in [6.45, 7) is 0.578. The number of nitrogens with zero attached hydrogens (tertiary/aromatic N) is 2. The molecule has 114 valence electrons. The number of H-pyrrole nitrogens is 2. The fraction of sp³-hybridized carbons (Fsp3) is 0.333. The molecule has 7 nitrogen and oxygen atoms in total. The van der Waals surface area contributed by atoms with E-state index < -0.39 is 11.2 Å². The number of amides is 1. The highest BCUT2D eigenvalue weighted by Gasteiger charge is 2.30. The predicted octanol–water partition coefficient (Wildman–Crippen LogP) is 0.826. The van der Waals surface area contributed by atoms with Crippen LogP contribution in [0.4, 0.5) is 0 Å². The minimum absolute atomic E-state index is 0.0107. The summed E-state index contributed by atoms with van der Waals surface area (Å²) < 4.78 is 0. The number of rotatable bonds is 2. The van der Waals surface area contributed by atoms with E-state index >= 15 is 0 Å². The Bertz CT molecular complexity index is 753. The van der Waals surface area contributed by atoms with Crippen molar-refractivity contribution in [1.29, 1.82) is 0 Å². The van der Waals surface area contributed by atoms with Gasteiger partial charge in [-0.1, -0.05) is 6.07 Å². The van der Waals surface area contributed by atoms with Gasteiger partial charge in [-0.05, 0) is 31.4 Å². The maximum atomic E-state index is 12.7. The summed E-state index contributed by atoms with van der Waals surface area (Å²) in [5.41, 5.74) is -0.431. The molecule has 3 heterocycles. The molecule has 1 atom stereocenters. The van der Waals surface area contributed by atoms with Crippen LogP contribution in [0, 0.1) is 0 Å². The maximum Gasteiger partial charge on any atom is 0.326 e. The number of piperidine rings is 1. The van der Waals surface area contributed by atoms with Crippen LogP contribution >= 0.6 is 0 Å². The van der Waals surface area contributed by atoms with Gasteiger partial charge in [-0.15, -0.1) is 0 Å². The van der Waals surface area contributed by atoms with E-state index in [4.69, 9.17) is 0 Å². The summed E-state index contributed by atoms with van der Waals surface area (Å²) in [4.78, 5) is 45.9. The number of pyridine rings is 1. The van der Waals surface area contributed by atoms with Crippen LogP contribution in [0.25, 0.3) is 0 Å².